The van der Waals surface area contributed by atoms with Crippen LogP contribution in [-0.4, -0.2) is 41.3 Å². The molecule has 0 saturated heterocycles. The quantitative estimate of drug-likeness (QED) is 0.525. The summed E-state index contributed by atoms with van der Waals surface area (Å²) in [5, 5.41) is 12.4. The van der Waals surface area contributed by atoms with Gasteiger partial charge in [-0.15, -0.1) is 0 Å². The van der Waals surface area contributed by atoms with Gasteiger partial charge < -0.3 is 15.2 Å². The van der Waals surface area contributed by atoms with Crippen LogP contribution in [-0.2, 0) is 14.3 Å². The summed E-state index contributed by atoms with van der Waals surface area (Å²) in [6, 6.07) is 5.93. The Morgan fingerprint density at radius 2 is 1.71 bits per heavy atom. The summed E-state index contributed by atoms with van der Waals surface area (Å²) in [6.45, 7) is 0. The first-order valence-corrected chi connectivity index (χ1v) is 5.98. The molecule has 0 saturated carbocycles. The molecule has 1 aliphatic carbocycles. The molecule has 1 heterocycles. The average molecular weight is 287 g/mol. The highest BCUT2D eigenvalue weighted by Gasteiger charge is 2.60. The number of ether oxygens (including phenoxy) is 1. The van der Waals surface area contributed by atoms with Crippen molar-refractivity contribution >= 4 is 23.4 Å². The first kappa shape index (κ1) is 13.2. The number of allylic oxidation sites excluding steroid dienone is 1. The molecule has 1 atom stereocenters. The van der Waals surface area contributed by atoms with Gasteiger partial charge in [0.05, 0.1) is 12.7 Å². The van der Waals surface area contributed by atoms with E-state index in [0.29, 0.717) is 0 Å². The van der Waals surface area contributed by atoms with Crippen molar-refractivity contribution in [3.63, 3.8) is 0 Å². The van der Waals surface area contributed by atoms with Crippen molar-refractivity contribution in [2.45, 2.75) is 5.60 Å². The van der Waals surface area contributed by atoms with Crippen LogP contribution >= 0.6 is 0 Å². The second kappa shape index (κ2) is 4.10. The molecule has 1 aromatic carbocycles. The summed E-state index contributed by atoms with van der Waals surface area (Å²) >= 11 is 0. The fourth-order valence-electron chi connectivity index (χ4n) is 2.50. The minimum atomic E-state index is -2.80. The van der Waals surface area contributed by atoms with Crippen molar-refractivity contribution in [1.29, 1.82) is 0 Å². The molecule has 1 unspecified atom stereocenters. The van der Waals surface area contributed by atoms with E-state index in [4.69, 9.17) is 0 Å². The van der Waals surface area contributed by atoms with Crippen LogP contribution in [0.25, 0.3) is 0 Å². The molecule has 3 rings (SSSR count). The average Bonchev–Trinajstić information content (AvgIpc) is 2.77. The molecule has 1 aliphatic heterocycles. The Kier molecular flexibility index (Phi) is 2.57. The molecule has 1 aromatic rings. The summed E-state index contributed by atoms with van der Waals surface area (Å²) in [5.74, 6) is -3.88. The van der Waals surface area contributed by atoms with E-state index >= 15 is 0 Å². The predicted octanol–water partition coefficient (Wildman–Crippen LogP) is -0.646. The third kappa shape index (κ3) is 1.46. The first-order valence-electron chi connectivity index (χ1n) is 5.98. The summed E-state index contributed by atoms with van der Waals surface area (Å²) < 4.78 is 4.38. The third-order valence-electron chi connectivity index (χ3n) is 3.53. The lowest BCUT2D eigenvalue weighted by molar-refractivity contribution is -0.163. The van der Waals surface area contributed by atoms with Crippen LogP contribution in [0, 0.1) is 0 Å². The second-order valence-corrected chi connectivity index (χ2v) is 4.61. The van der Waals surface area contributed by atoms with Gasteiger partial charge in [-0.1, -0.05) is 24.3 Å². The van der Waals surface area contributed by atoms with E-state index < -0.39 is 34.6 Å². The number of benzene rings is 1. The van der Waals surface area contributed by atoms with Crippen molar-refractivity contribution in [3.8, 4) is 0 Å². The number of rotatable bonds is 1. The number of carbonyl (C=O) groups excluding carboxylic acids is 4. The molecule has 2 N–H and O–H groups in total. The van der Waals surface area contributed by atoms with Gasteiger partial charge in [0.15, 0.2) is 5.78 Å². The van der Waals surface area contributed by atoms with Gasteiger partial charge in [0.25, 0.3) is 11.5 Å². The summed E-state index contributed by atoms with van der Waals surface area (Å²) in [6.07, 6.45) is 0. The van der Waals surface area contributed by atoms with E-state index in [0.717, 1.165) is 7.11 Å². The molecule has 21 heavy (non-hydrogen) atoms. The van der Waals surface area contributed by atoms with Crippen LogP contribution < -0.4 is 5.32 Å². The lowest BCUT2D eigenvalue weighted by atomic mass is 9.81. The van der Waals surface area contributed by atoms with Gasteiger partial charge in [-0.05, 0) is 0 Å². The minimum Gasteiger partial charge on any atom is -0.466 e. The SMILES string of the molecule is COC(=O)C1(O)C(=O)NC2=C1C(=O)c1ccccc1C2=O. The van der Waals surface area contributed by atoms with Crippen LogP contribution in [0.1, 0.15) is 20.7 Å². The number of esters is 1. The Labute approximate surface area is 118 Å². The fourth-order valence-corrected chi connectivity index (χ4v) is 2.50. The van der Waals surface area contributed by atoms with E-state index in [2.05, 4.69) is 10.1 Å². The third-order valence-corrected chi connectivity index (χ3v) is 3.53. The number of Topliss-reactive ketones (excluding diaryl/α,β-unsaturated/α-hetero) is 2. The van der Waals surface area contributed by atoms with Crippen molar-refractivity contribution in [3.05, 3.63) is 46.7 Å². The molecule has 0 bridgehead atoms. The maximum Gasteiger partial charge on any atom is 0.352 e. The molecule has 0 radical (unpaired) electrons. The number of hydrogen-bond acceptors (Lipinski definition) is 6. The lowest BCUT2D eigenvalue weighted by Gasteiger charge is -2.22. The fraction of sp³-hybridized carbons (Fsp3) is 0.143. The molecule has 7 nitrogen and oxygen atoms in total. The molecule has 1 amide bonds. The zero-order valence-corrected chi connectivity index (χ0v) is 10.8. The lowest BCUT2D eigenvalue weighted by Crippen LogP contribution is -2.50. The first-order chi connectivity index (χ1) is 9.92. The van der Waals surface area contributed by atoms with Crippen LogP contribution in [0.2, 0.25) is 0 Å². The van der Waals surface area contributed by atoms with Gasteiger partial charge in [-0.25, -0.2) is 4.79 Å². The highest BCUT2D eigenvalue weighted by molar-refractivity contribution is 6.35. The smallest absolute Gasteiger partial charge is 0.352 e. The number of aliphatic hydroxyl groups is 1. The van der Waals surface area contributed by atoms with Crippen molar-refractivity contribution in [2.24, 2.45) is 0 Å². The normalized spacial score (nSPS) is 23.6. The van der Waals surface area contributed by atoms with E-state index in [1.54, 1.807) is 6.07 Å². The Bertz CT molecular complexity index is 762. The van der Waals surface area contributed by atoms with Gasteiger partial charge in [-0.2, -0.15) is 0 Å². The van der Waals surface area contributed by atoms with Crippen molar-refractivity contribution in [2.75, 3.05) is 7.11 Å². The number of methoxy groups -OCH3 is 1. The van der Waals surface area contributed by atoms with Gasteiger partial charge in [0, 0.05) is 11.1 Å². The molecule has 106 valence electrons. The summed E-state index contributed by atoms with van der Waals surface area (Å²) in [7, 11) is 0.967. The summed E-state index contributed by atoms with van der Waals surface area (Å²) in [5.41, 5.74) is -3.62. The molecule has 7 heteroatoms. The van der Waals surface area contributed by atoms with Gasteiger partial charge in [0.2, 0.25) is 5.78 Å². The van der Waals surface area contributed by atoms with Crippen LogP contribution in [0.5, 0.6) is 0 Å². The molecule has 0 spiro atoms. The zero-order valence-electron chi connectivity index (χ0n) is 10.8. The van der Waals surface area contributed by atoms with E-state index in [1.165, 1.54) is 18.2 Å². The number of carbonyl (C=O) groups is 4. The Balaban J connectivity index is 2.27. The zero-order chi connectivity index (χ0) is 15.4. The Hall–Kier alpha value is -2.80. The van der Waals surface area contributed by atoms with Crippen molar-refractivity contribution in [1.82, 2.24) is 5.32 Å². The van der Waals surface area contributed by atoms with Gasteiger partial charge in [-0.3, -0.25) is 14.4 Å². The van der Waals surface area contributed by atoms with E-state index in [-0.39, 0.29) is 16.8 Å². The minimum absolute atomic E-state index is 0.0279. The van der Waals surface area contributed by atoms with Gasteiger partial charge >= 0.3 is 5.97 Å². The second-order valence-electron chi connectivity index (χ2n) is 4.61. The highest BCUT2D eigenvalue weighted by atomic mass is 16.5. The van der Waals surface area contributed by atoms with Crippen LogP contribution in [0.15, 0.2) is 35.5 Å². The Morgan fingerprint density at radius 3 is 2.29 bits per heavy atom. The number of nitrogens with one attached hydrogen (secondary N) is 1. The summed E-state index contributed by atoms with van der Waals surface area (Å²) in [4.78, 5) is 48.4. The van der Waals surface area contributed by atoms with Crippen LogP contribution in [0.3, 0.4) is 0 Å². The topological polar surface area (TPSA) is 110 Å². The number of hydrogen-bond donors (Lipinski definition) is 2. The molecular weight excluding hydrogens is 278 g/mol. The largest absolute Gasteiger partial charge is 0.466 e. The predicted molar refractivity (Wildman–Crippen MR) is 67.2 cm³/mol. The molecule has 0 fully saturated rings. The van der Waals surface area contributed by atoms with E-state index in [1.807, 2.05) is 0 Å². The highest BCUT2D eigenvalue weighted by Crippen LogP contribution is 2.36. The molecule has 0 aromatic heterocycles. The monoisotopic (exact) mass is 287 g/mol. The van der Waals surface area contributed by atoms with Gasteiger partial charge in [0.1, 0.15) is 5.70 Å². The van der Waals surface area contributed by atoms with E-state index in [9.17, 15) is 24.3 Å². The molecule has 2 aliphatic rings. The Morgan fingerprint density at radius 1 is 1.14 bits per heavy atom. The molecular formula is C14H9NO6. The van der Waals surface area contributed by atoms with Crippen LogP contribution in [0.4, 0.5) is 0 Å². The number of fused-ring (bicyclic) bond motifs is 1. The maximum atomic E-state index is 12.5. The standard InChI is InChI=1S/C14H9NO6/c1-21-13(19)14(20)8-9(15-12(14)18)11(17)7-5-3-2-4-6(7)10(8)16/h2-5,20H,1H3,(H,15,18). The van der Waals surface area contributed by atoms with Crippen molar-refractivity contribution < 1.29 is 29.0 Å². The maximum absolute atomic E-state index is 12.5. The number of ketones is 2. The number of amides is 1.